The fourth-order valence-electron chi connectivity index (χ4n) is 11.1. The fourth-order valence-corrected chi connectivity index (χ4v) is 11.1. The van der Waals surface area contributed by atoms with Crippen molar-refractivity contribution in [3.8, 4) is 22.4 Å². The van der Waals surface area contributed by atoms with Gasteiger partial charge in [-0.3, -0.25) is 14.7 Å². The van der Waals surface area contributed by atoms with Crippen LogP contribution in [0.1, 0.15) is 102 Å². The van der Waals surface area contributed by atoms with Crippen molar-refractivity contribution in [2.45, 2.75) is 116 Å². The van der Waals surface area contributed by atoms with Crippen LogP contribution in [0.15, 0.2) is 85.1 Å². The van der Waals surface area contributed by atoms with E-state index in [-0.39, 0.29) is 55.4 Å². The first-order valence-electron chi connectivity index (χ1n) is 25.1. The van der Waals surface area contributed by atoms with E-state index in [0.717, 1.165) is 56.6 Å². The van der Waals surface area contributed by atoms with Gasteiger partial charge in [-0.05, 0) is 111 Å². The molecular formula is C56H68BN5O8. The van der Waals surface area contributed by atoms with Gasteiger partial charge in [0.2, 0.25) is 0 Å². The summed E-state index contributed by atoms with van der Waals surface area (Å²) in [5.74, 6) is -0.280. The minimum atomic E-state index is -0.551. The lowest BCUT2D eigenvalue weighted by Crippen LogP contribution is -2.56. The van der Waals surface area contributed by atoms with Crippen LogP contribution in [0.2, 0.25) is 0 Å². The minimum Gasteiger partial charge on any atom is -0.464 e. The number of fused-ring (bicyclic) bond motifs is 6. The van der Waals surface area contributed by atoms with E-state index in [1.165, 1.54) is 22.3 Å². The number of nitrogens with one attached hydrogen (secondary N) is 2. The van der Waals surface area contributed by atoms with Crippen molar-refractivity contribution in [3.63, 3.8) is 0 Å². The zero-order chi connectivity index (χ0) is 49.1. The van der Waals surface area contributed by atoms with Crippen LogP contribution in [0.3, 0.4) is 0 Å². The molecule has 368 valence electrons. The number of amides is 1. The maximum Gasteiger partial charge on any atom is 0.494 e. The van der Waals surface area contributed by atoms with Crippen molar-refractivity contribution < 1.29 is 37.8 Å². The standard InChI is InChI=1S/C56H68BN5O8/c1-10-61-49-20-19-37(57-69-55(5,6)56(7,8)70-57)26-44(49)46(27-54(3,4)33-68-52(63)48-29-58-21-22-59-48)51(61)45-25-36(28-60-50(45)34(2)65-9)35-23-38-30-66-31-39(24-35)62(38)53(64)67-32-47-42-17-13-11-15-40(42)41-16-12-14-18-43(41)47/h11-20,23,25-26,28,34,38-39,47-48,58-59H,10,21-22,24,27,29-33H2,1-9H3/t34-,38?,39?,48-/m0/s1. The van der Waals surface area contributed by atoms with Crippen LogP contribution >= 0.6 is 0 Å². The predicted molar refractivity (Wildman–Crippen MR) is 273 cm³/mol. The largest absolute Gasteiger partial charge is 0.494 e. The van der Waals surface area contributed by atoms with E-state index in [1.807, 2.05) is 18.0 Å². The van der Waals surface area contributed by atoms with E-state index in [4.69, 9.17) is 33.2 Å². The van der Waals surface area contributed by atoms with Gasteiger partial charge >= 0.3 is 19.2 Å². The number of nitrogens with zero attached hydrogens (tertiary/aromatic N) is 3. The van der Waals surface area contributed by atoms with E-state index in [9.17, 15) is 9.59 Å². The summed E-state index contributed by atoms with van der Waals surface area (Å²) in [4.78, 5) is 34.7. The molecule has 1 aliphatic carbocycles. The van der Waals surface area contributed by atoms with E-state index in [1.54, 1.807) is 7.11 Å². The highest BCUT2D eigenvalue weighted by Gasteiger charge is 2.52. The number of pyridine rings is 1. The number of hydrogen-bond acceptors (Lipinski definition) is 11. The lowest BCUT2D eigenvalue weighted by atomic mass is 9.77. The van der Waals surface area contributed by atoms with E-state index in [2.05, 4.69) is 143 Å². The number of esters is 1. The summed E-state index contributed by atoms with van der Waals surface area (Å²) in [6.45, 7) is 20.8. The average Bonchev–Trinajstić information content (AvgIpc) is 3.93. The molecule has 13 nitrogen and oxygen atoms in total. The van der Waals surface area contributed by atoms with Gasteiger partial charge in [0.1, 0.15) is 12.6 Å². The number of methoxy groups -OCH3 is 1. The lowest BCUT2D eigenvalue weighted by Gasteiger charge is -2.44. The van der Waals surface area contributed by atoms with Gasteiger partial charge in [-0.25, -0.2) is 4.79 Å². The molecule has 2 aromatic heterocycles. The normalized spacial score (nSPS) is 22.1. The third-order valence-corrected chi connectivity index (χ3v) is 15.6. The van der Waals surface area contributed by atoms with Crippen LogP contribution < -0.4 is 16.1 Å². The van der Waals surface area contributed by atoms with Crippen molar-refractivity contribution >= 4 is 41.1 Å². The first-order valence-corrected chi connectivity index (χ1v) is 25.1. The Kier molecular flexibility index (Phi) is 13.1. The Morgan fingerprint density at radius 2 is 1.64 bits per heavy atom. The highest BCUT2D eigenvalue weighted by Crippen LogP contribution is 2.46. The molecule has 3 fully saturated rings. The number of morpholine rings is 1. The van der Waals surface area contributed by atoms with Gasteiger partial charge < -0.3 is 43.5 Å². The summed E-state index contributed by atoms with van der Waals surface area (Å²) < 4.78 is 40.1. The molecule has 2 bridgehead atoms. The number of aryl methyl sites for hydroxylation is 1. The summed E-state index contributed by atoms with van der Waals surface area (Å²) in [6, 6.07) is 24.7. The lowest BCUT2D eigenvalue weighted by molar-refractivity contribution is -0.149. The molecule has 70 heavy (non-hydrogen) atoms. The molecule has 5 aromatic rings. The number of aromatic nitrogens is 2. The van der Waals surface area contributed by atoms with Crippen LogP contribution in [-0.2, 0) is 46.0 Å². The number of benzene rings is 3. The topological polar surface area (TPSA) is 135 Å². The second-order valence-corrected chi connectivity index (χ2v) is 21.5. The predicted octanol–water partition coefficient (Wildman–Crippen LogP) is 8.21. The van der Waals surface area contributed by atoms with Gasteiger partial charge in [0.15, 0.2) is 0 Å². The van der Waals surface area contributed by atoms with Gasteiger partial charge in [0.25, 0.3) is 0 Å². The summed E-state index contributed by atoms with van der Waals surface area (Å²) in [5, 5.41) is 7.66. The van der Waals surface area contributed by atoms with Crippen molar-refractivity contribution in [2.24, 2.45) is 5.41 Å². The highest BCUT2D eigenvalue weighted by atomic mass is 16.7. The first-order chi connectivity index (χ1) is 33.6. The molecule has 6 heterocycles. The number of rotatable bonds is 13. The second-order valence-electron chi connectivity index (χ2n) is 21.5. The Balaban J connectivity index is 1.01. The van der Waals surface area contributed by atoms with Crippen LogP contribution in [-0.4, -0.2) is 116 Å². The molecule has 1 amide bonds. The van der Waals surface area contributed by atoms with Crippen LogP contribution in [0, 0.1) is 5.41 Å². The van der Waals surface area contributed by atoms with Gasteiger partial charge in [0.05, 0.1) is 60.6 Å². The van der Waals surface area contributed by atoms with Crippen molar-refractivity contribution in [2.75, 3.05) is 53.2 Å². The van der Waals surface area contributed by atoms with Gasteiger partial charge in [-0.1, -0.05) is 80.6 Å². The molecular weight excluding hydrogens is 881 g/mol. The Bertz CT molecular complexity index is 2770. The molecule has 0 saturated carbocycles. The smallest absolute Gasteiger partial charge is 0.464 e. The summed E-state index contributed by atoms with van der Waals surface area (Å²) >= 11 is 0. The molecule has 4 atom stereocenters. The molecule has 0 spiro atoms. The molecule has 2 unspecified atom stereocenters. The number of carbonyl (C=O) groups excluding carboxylic acids is 2. The monoisotopic (exact) mass is 950 g/mol. The Hall–Kier alpha value is -5.35. The third-order valence-electron chi connectivity index (χ3n) is 15.6. The van der Waals surface area contributed by atoms with E-state index in [0.29, 0.717) is 45.7 Å². The quantitative estimate of drug-likeness (QED) is 0.0874. The third kappa shape index (κ3) is 8.89. The first kappa shape index (κ1) is 48.3. The van der Waals surface area contributed by atoms with Crippen molar-refractivity contribution in [1.82, 2.24) is 25.1 Å². The Morgan fingerprint density at radius 1 is 0.929 bits per heavy atom. The SMILES string of the molecule is CCn1c(-c2cc(C3=CC4COCC(C3)N4C(=O)OCC3c4ccccc4-c4ccccc43)cnc2[C@H](C)OC)c(CC(C)(C)COC(=O)[C@@H]2CNCCN2)c2cc(B3OC(C)(C)C(C)(C)O3)ccc21. The highest BCUT2D eigenvalue weighted by molar-refractivity contribution is 6.62. The van der Waals surface area contributed by atoms with E-state index >= 15 is 0 Å². The van der Waals surface area contributed by atoms with Crippen LogP contribution in [0.4, 0.5) is 4.79 Å². The van der Waals surface area contributed by atoms with E-state index < -0.39 is 23.7 Å². The number of carbonyl (C=O) groups is 2. The summed E-state index contributed by atoms with van der Waals surface area (Å²) in [7, 11) is 1.17. The maximum absolute atomic E-state index is 14.2. The molecule has 14 heteroatoms. The Labute approximate surface area is 412 Å². The van der Waals surface area contributed by atoms with Gasteiger partial charge in [0, 0.05) is 67.3 Å². The van der Waals surface area contributed by atoms with Gasteiger partial charge in [-0.2, -0.15) is 0 Å². The van der Waals surface area contributed by atoms with Crippen molar-refractivity contribution in [3.05, 3.63) is 113 Å². The van der Waals surface area contributed by atoms with Crippen LogP contribution in [0.5, 0.6) is 0 Å². The van der Waals surface area contributed by atoms with Crippen LogP contribution in [0.25, 0.3) is 38.9 Å². The second kappa shape index (κ2) is 19.0. The molecule has 3 saturated heterocycles. The number of hydrogen-bond donors (Lipinski definition) is 2. The molecule has 10 rings (SSSR count). The number of piperazine rings is 1. The Morgan fingerprint density at radius 3 is 2.30 bits per heavy atom. The molecule has 0 radical (unpaired) electrons. The molecule has 4 aliphatic heterocycles. The zero-order valence-electron chi connectivity index (χ0n) is 42.2. The zero-order valence-corrected chi connectivity index (χ0v) is 42.2. The van der Waals surface area contributed by atoms with Crippen molar-refractivity contribution in [1.29, 1.82) is 0 Å². The molecule has 2 N–H and O–H groups in total. The molecule has 5 aliphatic rings. The fraction of sp³-hybridized carbons (Fsp3) is 0.482. The average molecular weight is 950 g/mol. The number of ether oxygens (including phenoxy) is 4. The maximum atomic E-state index is 14.2. The molecule has 3 aromatic carbocycles. The minimum absolute atomic E-state index is 0.0308. The van der Waals surface area contributed by atoms with Gasteiger partial charge in [-0.15, -0.1) is 0 Å². The summed E-state index contributed by atoms with van der Waals surface area (Å²) in [5.41, 5.74) is 11.3. The summed E-state index contributed by atoms with van der Waals surface area (Å²) in [6.07, 6.45) is 4.63.